The fourth-order valence-corrected chi connectivity index (χ4v) is 4.42. The summed E-state index contributed by atoms with van der Waals surface area (Å²) in [6.07, 6.45) is -1.77. The number of carbonyl (C=O) groups is 1. The van der Waals surface area contributed by atoms with E-state index in [0.717, 1.165) is 6.07 Å². The lowest BCUT2D eigenvalue weighted by Gasteiger charge is -2.14. The van der Waals surface area contributed by atoms with Crippen molar-refractivity contribution in [2.24, 2.45) is 0 Å². The Morgan fingerprint density at radius 2 is 1.68 bits per heavy atom. The highest BCUT2D eigenvalue weighted by Crippen LogP contribution is 2.33. The summed E-state index contributed by atoms with van der Waals surface area (Å²) in [6, 6.07) is 11.0. The molecule has 4 N–H and O–H groups in total. The van der Waals surface area contributed by atoms with Crippen molar-refractivity contribution in [2.75, 3.05) is 34.6 Å². The van der Waals surface area contributed by atoms with Crippen molar-refractivity contribution in [1.82, 2.24) is 9.97 Å². The first kappa shape index (κ1) is 29.3. The van der Waals surface area contributed by atoms with Crippen LogP contribution in [0.15, 0.2) is 71.8 Å². The van der Waals surface area contributed by atoms with E-state index in [0.29, 0.717) is 45.7 Å². The number of anilines is 5. The molecule has 0 saturated carbocycles. The van der Waals surface area contributed by atoms with Crippen molar-refractivity contribution in [3.8, 4) is 11.1 Å². The molecule has 4 rings (SSSR count). The van der Waals surface area contributed by atoms with Crippen molar-refractivity contribution in [3.05, 3.63) is 84.1 Å². The van der Waals surface area contributed by atoms with Crippen molar-refractivity contribution in [2.45, 2.75) is 11.1 Å². The third kappa shape index (κ3) is 7.08. The molecular weight excluding hydrogens is 567 g/mol. The summed E-state index contributed by atoms with van der Waals surface area (Å²) in [7, 11) is -0.824. The minimum absolute atomic E-state index is 0.208. The molecule has 1 atom stereocenters. The zero-order chi connectivity index (χ0) is 29.9. The average molecular weight is 591 g/mol. The van der Waals surface area contributed by atoms with E-state index < -0.39 is 44.6 Å². The summed E-state index contributed by atoms with van der Waals surface area (Å²) >= 11 is 0. The van der Waals surface area contributed by atoms with Crippen LogP contribution in [0.5, 0.6) is 0 Å². The number of alkyl halides is 3. The average Bonchev–Trinajstić information content (AvgIpc) is 2.90. The van der Waals surface area contributed by atoms with Gasteiger partial charge in [-0.05, 0) is 69.5 Å². The van der Waals surface area contributed by atoms with Crippen LogP contribution < -0.4 is 21.3 Å². The van der Waals surface area contributed by atoms with Crippen LogP contribution >= 0.6 is 0 Å². The molecule has 0 radical (unpaired) electrons. The largest absolute Gasteiger partial charge is 0.416 e. The molecule has 8 nitrogen and oxygen atoms in total. The Balaban J connectivity index is 1.51. The molecule has 1 unspecified atom stereocenters. The van der Waals surface area contributed by atoms with E-state index in [4.69, 9.17) is 0 Å². The van der Waals surface area contributed by atoms with Crippen LogP contribution in [-0.2, 0) is 15.7 Å². The monoisotopic (exact) mass is 590 g/mol. The smallest absolute Gasteiger partial charge is 0.372 e. The van der Waals surface area contributed by atoms with E-state index in [1.165, 1.54) is 24.6 Å². The number of halogens is 5. The number of hydrogen-bond donors (Lipinski definition) is 4. The maximum Gasteiger partial charge on any atom is 0.416 e. The fourth-order valence-electron chi connectivity index (χ4n) is 3.67. The predicted octanol–water partition coefficient (Wildman–Crippen LogP) is 6.58. The van der Waals surface area contributed by atoms with Crippen LogP contribution in [0.2, 0.25) is 0 Å². The van der Waals surface area contributed by atoms with Crippen LogP contribution in [0.1, 0.15) is 5.56 Å². The lowest BCUT2D eigenvalue weighted by Crippen LogP contribution is -2.21. The molecule has 0 fully saturated rings. The summed E-state index contributed by atoms with van der Waals surface area (Å²) in [5, 5.41) is 10.0. The zero-order valence-electron chi connectivity index (χ0n) is 21.6. The Morgan fingerprint density at radius 1 is 0.951 bits per heavy atom. The molecule has 0 spiro atoms. The quantitative estimate of drug-likeness (QED) is 0.143. The number of nitrogens with one attached hydrogen (secondary N) is 4. The molecule has 0 bridgehead atoms. The Kier molecular flexibility index (Phi) is 8.14. The van der Waals surface area contributed by atoms with Gasteiger partial charge in [-0.15, -0.1) is 0 Å². The van der Waals surface area contributed by atoms with Gasteiger partial charge in [-0.3, -0.25) is 4.21 Å². The number of aromatic nitrogens is 2. The molecule has 0 saturated heterocycles. The Hall–Kier alpha value is -4.72. The second-order valence-corrected chi connectivity index (χ2v) is 11.3. The van der Waals surface area contributed by atoms with Crippen LogP contribution in [0.25, 0.3) is 11.1 Å². The number of carbonyl (C=O) groups excluding carboxylic acids is 1. The number of benzene rings is 3. The molecule has 1 aromatic heterocycles. The van der Waals surface area contributed by atoms with Crippen molar-refractivity contribution >= 4 is 50.3 Å². The molecular formula is C27H23F5N6O2S. The van der Waals surface area contributed by atoms with E-state index in [1.807, 2.05) is 5.32 Å². The number of rotatable bonds is 7. The van der Waals surface area contributed by atoms with E-state index in [1.54, 1.807) is 31.3 Å². The number of hydrogen-bond acceptors (Lipinski definition) is 6. The van der Waals surface area contributed by atoms with Crippen LogP contribution in [-0.4, -0.2) is 39.4 Å². The molecule has 4 aromatic rings. The van der Waals surface area contributed by atoms with Crippen molar-refractivity contribution in [1.29, 1.82) is 0 Å². The first-order valence-corrected chi connectivity index (χ1v) is 13.9. The van der Waals surface area contributed by atoms with E-state index in [2.05, 4.69) is 31.8 Å². The van der Waals surface area contributed by atoms with Gasteiger partial charge in [0.2, 0.25) is 5.95 Å². The lowest BCUT2D eigenvalue weighted by atomic mass is 10.1. The van der Waals surface area contributed by atoms with Gasteiger partial charge in [0.15, 0.2) is 0 Å². The van der Waals surface area contributed by atoms with E-state index in [-0.39, 0.29) is 11.6 Å². The van der Waals surface area contributed by atoms with Gasteiger partial charge in [-0.2, -0.15) is 18.2 Å². The van der Waals surface area contributed by atoms with Gasteiger partial charge in [0.05, 0.1) is 16.9 Å². The SMILES string of the molecule is C=S(C)(=O)c1cccc(Nc2ncc(-c3ccc(NC(=O)Nc4cc(C(F)(F)F)ccc4F)c(F)c3)c(NC)n2)c1. The van der Waals surface area contributed by atoms with Crippen LogP contribution in [0.3, 0.4) is 0 Å². The normalized spacial score (nSPS) is 12.8. The molecule has 0 aliphatic carbocycles. The molecule has 14 heteroatoms. The van der Waals surface area contributed by atoms with Gasteiger partial charge in [-0.25, -0.2) is 18.6 Å². The van der Waals surface area contributed by atoms with Gasteiger partial charge in [0, 0.05) is 35.6 Å². The second-order valence-electron chi connectivity index (χ2n) is 8.83. The summed E-state index contributed by atoms with van der Waals surface area (Å²) < 4.78 is 79.8. The summed E-state index contributed by atoms with van der Waals surface area (Å²) in [5.74, 6) is 2.25. The number of nitrogens with zero attached hydrogens (tertiary/aromatic N) is 2. The first-order chi connectivity index (χ1) is 19.2. The maximum absolute atomic E-state index is 14.9. The topological polar surface area (TPSA) is 108 Å². The molecule has 1 heterocycles. The van der Waals surface area contributed by atoms with Gasteiger partial charge in [-0.1, -0.05) is 12.1 Å². The third-order valence-corrected chi connectivity index (χ3v) is 6.94. The predicted molar refractivity (Wildman–Crippen MR) is 150 cm³/mol. The van der Waals surface area contributed by atoms with Crippen molar-refractivity contribution < 1.29 is 31.0 Å². The zero-order valence-corrected chi connectivity index (χ0v) is 22.4. The van der Waals surface area contributed by atoms with E-state index in [9.17, 15) is 31.0 Å². The van der Waals surface area contributed by atoms with Crippen LogP contribution in [0.4, 0.5) is 55.6 Å². The standard InChI is InChI=1S/C27H23F5N6O2S/c1-33-24-19(14-34-25(38-24)35-17-5-4-6-18(13-17)41(2,3)40)15-7-10-22(21(29)11-15)36-26(39)37-23-12-16(27(30,31)32)8-9-20(23)28/h4-14H,2H2,1,3H3,(H2,36,37,39)(H2,33,34,35,38). The highest BCUT2D eigenvalue weighted by molar-refractivity contribution is 7.99. The highest BCUT2D eigenvalue weighted by atomic mass is 32.2. The third-order valence-electron chi connectivity index (χ3n) is 5.68. The molecule has 3 aromatic carbocycles. The molecule has 214 valence electrons. The number of amides is 2. The highest BCUT2D eigenvalue weighted by Gasteiger charge is 2.31. The Morgan fingerprint density at radius 3 is 2.34 bits per heavy atom. The molecule has 2 amide bonds. The second kappa shape index (κ2) is 11.4. The van der Waals surface area contributed by atoms with Gasteiger partial charge in [0.25, 0.3) is 0 Å². The number of urea groups is 1. The van der Waals surface area contributed by atoms with Crippen molar-refractivity contribution in [3.63, 3.8) is 0 Å². The minimum atomic E-state index is -4.74. The van der Waals surface area contributed by atoms with Gasteiger partial charge in [0.1, 0.15) is 17.5 Å². The fraction of sp³-hybridized carbons (Fsp3) is 0.111. The first-order valence-electron chi connectivity index (χ1n) is 11.7. The molecule has 41 heavy (non-hydrogen) atoms. The van der Waals surface area contributed by atoms with E-state index >= 15 is 0 Å². The van der Waals surface area contributed by atoms with Crippen LogP contribution in [0, 0.1) is 11.6 Å². The summed E-state index contributed by atoms with van der Waals surface area (Å²) in [4.78, 5) is 21.5. The minimum Gasteiger partial charge on any atom is -0.372 e. The summed E-state index contributed by atoms with van der Waals surface area (Å²) in [5.41, 5.74) is -0.839. The van der Waals surface area contributed by atoms with Gasteiger partial charge < -0.3 is 21.3 Å². The van der Waals surface area contributed by atoms with Gasteiger partial charge >= 0.3 is 12.2 Å². The molecule has 0 aliphatic heterocycles. The Labute approximate surface area is 232 Å². The lowest BCUT2D eigenvalue weighted by molar-refractivity contribution is -0.137. The Bertz CT molecular complexity index is 1730. The molecule has 0 aliphatic rings. The maximum atomic E-state index is 14.9. The summed E-state index contributed by atoms with van der Waals surface area (Å²) in [6.45, 7) is 0.